The Labute approximate surface area is 198 Å². The molecular formula is C23H25BrF3N5O. The molecule has 1 aliphatic carbocycles. The lowest BCUT2D eigenvalue weighted by atomic mass is 9.68. The first-order chi connectivity index (χ1) is 15.6. The summed E-state index contributed by atoms with van der Waals surface area (Å²) in [5, 5.41) is 7.50. The molecule has 1 amide bonds. The first-order valence-electron chi connectivity index (χ1n) is 10.8. The Morgan fingerprint density at radius 1 is 1.24 bits per heavy atom. The summed E-state index contributed by atoms with van der Waals surface area (Å²) in [5.41, 5.74) is -0.0112. The number of rotatable bonds is 5. The third-order valence-electron chi connectivity index (χ3n) is 6.64. The van der Waals surface area contributed by atoms with Crippen LogP contribution in [0.1, 0.15) is 43.9 Å². The van der Waals surface area contributed by atoms with Crippen LogP contribution < -0.4 is 5.32 Å². The minimum absolute atomic E-state index is 0.0356. The van der Waals surface area contributed by atoms with Crippen molar-refractivity contribution < 1.29 is 18.0 Å². The number of aromatic nitrogens is 3. The van der Waals surface area contributed by atoms with E-state index in [1.807, 2.05) is 25.2 Å². The molecule has 0 aliphatic heterocycles. The number of fused-ring (bicyclic) bond motifs is 1. The molecule has 4 rings (SSSR count). The van der Waals surface area contributed by atoms with Crippen LogP contribution in [0.4, 0.5) is 19.0 Å². The van der Waals surface area contributed by atoms with Gasteiger partial charge in [0.1, 0.15) is 10.4 Å². The predicted molar refractivity (Wildman–Crippen MR) is 123 cm³/mol. The molecular weight excluding hydrogens is 499 g/mol. The minimum atomic E-state index is -4.57. The molecule has 1 aromatic carbocycles. The van der Waals surface area contributed by atoms with Gasteiger partial charge >= 0.3 is 6.18 Å². The molecule has 33 heavy (non-hydrogen) atoms. The van der Waals surface area contributed by atoms with E-state index in [2.05, 4.69) is 43.5 Å². The van der Waals surface area contributed by atoms with Crippen molar-refractivity contribution in [2.75, 3.05) is 18.9 Å². The molecule has 0 spiro atoms. The zero-order chi connectivity index (χ0) is 23.8. The van der Waals surface area contributed by atoms with Gasteiger partial charge in [0, 0.05) is 44.1 Å². The number of halogens is 4. The van der Waals surface area contributed by atoms with Gasteiger partial charge in [0.15, 0.2) is 11.3 Å². The fourth-order valence-corrected chi connectivity index (χ4v) is 5.00. The Hall–Kier alpha value is -2.62. The second kappa shape index (κ2) is 8.96. The summed E-state index contributed by atoms with van der Waals surface area (Å²) in [6.45, 7) is 2.00. The van der Waals surface area contributed by atoms with Crippen molar-refractivity contribution in [1.82, 2.24) is 19.5 Å². The van der Waals surface area contributed by atoms with Crippen LogP contribution in [-0.2, 0) is 16.4 Å². The topological polar surface area (TPSA) is 62.5 Å². The van der Waals surface area contributed by atoms with Gasteiger partial charge in [-0.25, -0.2) is 4.98 Å². The summed E-state index contributed by atoms with van der Waals surface area (Å²) < 4.78 is 42.2. The zero-order valence-corrected chi connectivity index (χ0v) is 19.9. The molecule has 176 valence electrons. The fraction of sp³-hybridized carbons (Fsp3) is 0.435. The number of hydrogen-bond acceptors (Lipinski definition) is 4. The largest absolute Gasteiger partial charge is 0.433 e. The summed E-state index contributed by atoms with van der Waals surface area (Å²) in [6, 6.07) is 12.6. The summed E-state index contributed by atoms with van der Waals surface area (Å²) in [5.74, 6) is 0.268. The maximum Gasteiger partial charge on any atom is 0.433 e. The highest BCUT2D eigenvalue weighted by atomic mass is 79.9. The second-order valence-corrected chi connectivity index (χ2v) is 9.43. The van der Waals surface area contributed by atoms with Crippen LogP contribution >= 0.6 is 15.9 Å². The number of hydrogen-bond donors (Lipinski definition) is 1. The lowest BCUT2D eigenvalue weighted by Crippen LogP contribution is -2.45. The molecule has 2 aromatic heterocycles. The standard InChI is InChI=1S/C23H25BrF3N5O/c1-15(33)31(2)17-8-10-22(11-9-17,16-6-4-3-5-7-16)14-28-20-12-18(23(25,26)27)29-21-13-19(24)30-32(20)21/h3-7,12-13,17,28H,8-11,14H2,1-2H3. The highest BCUT2D eigenvalue weighted by Crippen LogP contribution is 2.41. The first-order valence-corrected chi connectivity index (χ1v) is 11.5. The van der Waals surface area contributed by atoms with Gasteiger partial charge in [-0.15, -0.1) is 0 Å². The maximum atomic E-state index is 13.5. The van der Waals surface area contributed by atoms with E-state index in [1.54, 1.807) is 11.8 Å². The second-order valence-electron chi connectivity index (χ2n) is 8.62. The molecule has 10 heteroatoms. The number of carbonyl (C=O) groups is 1. The average molecular weight is 524 g/mol. The SMILES string of the molecule is CC(=O)N(C)C1CCC(CNc2cc(C(F)(F)F)nc3cc(Br)nn23)(c2ccccc2)CC1. The van der Waals surface area contributed by atoms with E-state index in [1.165, 1.54) is 10.6 Å². The van der Waals surface area contributed by atoms with Crippen LogP contribution in [0.3, 0.4) is 0 Å². The predicted octanol–water partition coefficient (Wildman–Crippen LogP) is 5.28. The van der Waals surface area contributed by atoms with Crippen molar-refractivity contribution in [2.24, 2.45) is 0 Å². The number of amides is 1. The molecule has 0 radical (unpaired) electrons. The van der Waals surface area contributed by atoms with E-state index >= 15 is 0 Å². The van der Waals surface area contributed by atoms with Gasteiger partial charge in [0.05, 0.1) is 0 Å². The number of nitrogens with zero attached hydrogens (tertiary/aromatic N) is 4. The van der Waals surface area contributed by atoms with E-state index in [-0.39, 0.29) is 28.8 Å². The molecule has 0 atom stereocenters. The molecule has 1 N–H and O–H groups in total. The summed E-state index contributed by atoms with van der Waals surface area (Å²) in [7, 11) is 1.82. The van der Waals surface area contributed by atoms with Crippen LogP contribution in [0.2, 0.25) is 0 Å². The summed E-state index contributed by atoms with van der Waals surface area (Å²) in [4.78, 5) is 17.3. The Kier molecular flexibility index (Phi) is 6.39. The Balaban J connectivity index is 1.65. The first kappa shape index (κ1) is 23.5. The van der Waals surface area contributed by atoms with Crippen molar-refractivity contribution >= 4 is 33.3 Å². The van der Waals surface area contributed by atoms with E-state index in [0.717, 1.165) is 37.3 Å². The molecule has 0 bridgehead atoms. The maximum absolute atomic E-state index is 13.5. The third-order valence-corrected chi connectivity index (χ3v) is 7.03. The number of nitrogens with one attached hydrogen (secondary N) is 1. The zero-order valence-electron chi connectivity index (χ0n) is 18.4. The third kappa shape index (κ3) is 4.85. The number of benzene rings is 1. The van der Waals surface area contributed by atoms with Gasteiger partial charge in [0.2, 0.25) is 5.91 Å². The van der Waals surface area contributed by atoms with Gasteiger partial charge in [-0.3, -0.25) is 4.79 Å². The lowest BCUT2D eigenvalue weighted by molar-refractivity contribution is -0.141. The van der Waals surface area contributed by atoms with Gasteiger partial charge < -0.3 is 10.2 Å². The minimum Gasteiger partial charge on any atom is -0.369 e. The fourth-order valence-electron chi connectivity index (χ4n) is 4.64. The van der Waals surface area contributed by atoms with Gasteiger partial charge in [-0.2, -0.15) is 22.8 Å². The Morgan fingerprint density at radius 2 is 1.91 bits per heavy atom. The van der Waals surface area contributed by atoms with Crippen molar-refractivity contribution in [2.45, 2.75) is 50.2 Å². The van der Waals surface area contributed by atoms with Crippen LogP contribution in [0.5, 0.6) is 0 Å². The van der Waals surface area contributed by atoms with Crippen molar-refractivity contribution in [1.29, 1.82) is 0 Å². The molecule has 2 heterocycles. The van der Waals surface area contributed by atoms with E-state index in [4.69, 9.17) is 0 Å². The molecule has 0 saturated heterocycles. The van der Waals surface area contributed by atoms with Crippen LogP contribution in [0.15, 0.2) is 47.1 Å². The number of anilines is 1. The monoisotopic (exact) mass is 523 g/mol. The quantitative estimate of drug-likeness (QED) is 0.494. The molecule has 6 nitrogen and oxygen atoms in total. The highest BCUT2D eigenvalue weighted by Gasteiger charge is 2.39. The summed E-state index contributed by atoms with van der Waals surface area (Å²) >= 11 is 3.23. The van der Waals surface area contributed by atoms with E-state index in [9.17, 15) is 18.0 Å². The molecule has 1 fully saturated rings. The van der Waals surface area contributed by atoms with Crippen molar-refractivity contribution in [3.8, 4) is 0 Å². The van der Waals surface area contributed by atoms with Crippen LogP contribution in [0.25, 0.3) is 5.65 Å². The lowest BCUT2D eigenvalue weighted by Gasteiger charge is -2.43. The van der Waals surface area contributed by atoms with Gasteiger partial charge in [-0.1, -0.05) is 30.3 Å². The average Bonchev–Trinajstić information content (AvgIpc) is 3.17. The molecule has 1 saturated carbocycles. The van der Waals surface area contributed by atoms with Gasteiger partial charge in [-0.05, 0) is 47.2 Å². The molecule has 3 aromatic rings. The molecule has 1 aliphatic rings. The van der Waals surface area contributed by atoms with Crippen molar-refractivity contribution in [3.05, 3.63) is 58.3 Å². The number of carbonyl (C=O) groups excluding carboxylic acids is 1. The normalized spacial score (nSPS) is 21.2. The summed E-state index contributed by atoms with van der Waals surface area (Å²) in [6.07, 6.45) is -1.33. The van der Waals surface area contributed by atoms with Crippen LogP contribution in [-0.4, -0.2) is 45.0 Å². The Bertz CT molecular complexity index is 1140. The molecule has 0 unspecified atom stereocenters. The smallest absolute Gasteiger partial charge is 0.369 e. The van der Waals surface area contributed by atoms with Crippen molar-refractivity contribution in [3.63, 3.8) is 0 Å². The van der Waals surface area contributed by atoms with E-state index < -0.39 is 11.9 Å². The van der Waals surface area contributed by atoms with E-state index in [0.29, 0.717) is 11.1 Å². The van der Waals surface area contributed by atoms with Crippen LogP contribution in [0, 0.1) is 0 Å². The highest BCUT2D eigenvalue weighted by molar-refractivity contribution is 9.10. The van der Waals surface area contributed by atoms with Gasteiger partial charge in [0.25, 0.3) is 0 Å². The Morgan fingerprint density at radius 3 is 2.52 bits per heavy atom. The number of alkyl halides is 3.